The zero-order valence-corrected chi connectivity index (χ0v) is 8.18. The number of aromatic hydroxyl groups is 1. The molecule has 0 bridgehead atoms. The summed E-state index contributed by atoms with van der Waals surface area (Å²) >= 11 is 6.48. The fraction of sp³-hybridized carbons (Fsp3) is 0.167. The minimum Gasteiger partial charge on any atom is -0.505 e. The summed E-state index contributed by atoms with van der Waals surface area (Å²) in [6.07, 6.45) is 3.09. The van der Waals surface area contributed by atoms with E-state index in [-0.39, 0.29) is 5.75 Å². The molecule has 0 saturated heterocycles. The summed E-state index contributed by atoms with van der Waals surface area (Å²) in [6, 6.07) is 0. The van der Waals surface area contributed by atoms with Crippen LogP contribution < -0.4 is 0 Å². The first-order valence-electron chi connectivity index (χ1n) is 2.63. The third-order valence-electron chi connectivity index (χ3n) is 1.08. The van der Waals surface area contributed by atoms with Gasteiger partial charge in [0.1, 0.15) is 5.75 Å². The molecule has 1 N–H and O–H groups in total. The molecule has 0 aliphatic rings. The number of halogens is 2. The van der Waals surface area contributed by atoms with E-state index in [9.17, 15) is 0 Å². The van der Waals surface area contributed by atoms with E-state index < -0.39 is 0 Å². The van der Waals surface area contributed by atoms with Crippen molar-refractivity contribution >= 4 is 31.9 Å². The molecule has 2 nitrogen and oxygen atoms in total. The fourth-order valence-electron chi connectivity index (χ4n) is 0.569. The maximum Gasteiger partial charge on any atom is 0.148 e. The van der Waals surface area contributed by atoms with Gasteiger partial charge in [-0.2, -0.15) is 0 Å². The highest BCUT2D eigenvalue weighted by atomic mass is 79.9. The highest BCUT2D eigenvalue weighted by Gasteiger charge is 2.01. The molecular weight excluding hydrogens is 262 g/mol. The third-order valence-corrected chi connectivity index (χ3v) is 2.60. The summed E-state index contributed by atoms with van der Waals surface area (Å²) in [7, 11) is 0. The summed E-state index contributed by atoms with van der Waals surface area (Å²) < 4.78 is 0.708. The first kappa shape index (κ1) is 8.01. The lowest BCUT2D eigenvalue weighted by Crippen LogP contribution is -1.82. The molecule has 1 aromatic heterocycles. The summed E-state index contributed by atoms with van der Waals surface area (Å²) in [5.74, 6) is 0.178. The second-order valence-electron chi connectivity index (χ2n) is 1.77. The van der Waals surface area contributed by atoms with Crippen LogP contribution in [-0.2, 0) is 5.33 Å². The van der Waals surface area contributed by atoms with Gasteiger partial charge in [0, 0.05) is 11.5 Å². The quantitative estimate of drug-likeness (QED) is 0.792. The predicted molar refractivity (Wildman–Crippen MR) is 46.2 cm³/mol. The van der Waals surface area contributed by atoms with Gasteiger partial charge in [-0.25, -0.2) is 0 Å². The monoisotopic (exact) mass is 265 g/mol. The molecule has 0 aliphatic heterocycles. The van der Waals surface area contributed by atoms with Crippen LogP contribution in [0.3, 0.4) is 0 Å². The second-order valence-corrected chi connectivity index (χ2v) is 3.12. The Bertz CT molecular complexity index is 239. The fourth-order valence-corrected chi connectivity index (χ4v) is 1.72. The Kier molecular flexibility index (Phi) is 2.68. The Morgan fingerprint density at radius 2 is 2.20 bits per heavy atom. The van der Waals surface area contributed by atoms with E-state index in [0.29, 0.717) is 9.80 Å². The van der Waals surface area contributed by atoms with Gasteiger partial charge in [-0.3, -0.25) is 4.98 Å². The van der Waals surface area contributed by atoms with Crippen LogP contribution in [-0.4, -0.2) is 10.1 Å². The Morgan fingerprint density at radius 1 is 1.50 bits per heavy atom. The summed E-state index contributed by atoms with van der Waals surface area (Å²) in [5.41, 5.74) is 0.944. The topological polar surface area (TPSA) is 33.1 Å². The third kappa shape index (κ3) is 1.49. The smallest absolute Gasteiger partial charge is 0.148 e. The number of alkyl halides is 1. The van der Waals surface area contributed by atoms with E-state index in [1.807, 2.05) is 0 Å². The molecule has 0 unspecified atom stereocenters. The average molecular weight is 267 g/mol. The molecule has 0 aliphatic carbocycles. The Labute approximate surface area is 75.5 Å². The van der Waals surface area contributed by atoms with Crippen molar-refractivity contribution in [1.82, 2.24) is 4.98 Å². The molecule has 0 amide bonds. The minimum absolute atomic E-state index is 0.178. The van der Waals surface area contributed by atoms with E-state index in [4.69, 9.17) is 5.11 Å². The van der Waals surface area contributed by atoms with Gasteiger partial charge in [-0.15, -0.1) is 0 Å². The lowest BCUT2D eigenvalue weighted by Gasteiger charge is -1.99. The van der Waals surface area contributed by atoms with Gasteiger partial charge in [0.25, 0.3) is 0 Å². The van der Waals surface area contributed by atoms with Crippen molar-refractivity contribution < 1.29 is 5.11 Å². The second kappa shape index (κ2) is 3.34. The number of hydrogen-bond donors (Lipinski definition) is 1. The molecule has 0 spiro atoms. The standard InChI is InChI=1S/C6H5Br2NO/c7-1-4-2-9-3-5(10)6(4)8/h2-3,10H,1H2. The molecule has 4 heteroatoms. The Hall–Kier alpha value is -0.0900. The molecule has 54 valence electrons. The molecular formula is C6H5Br2NO. The van der Waals surface area contributed by atoms with Crippen molar-refractivity contribution in [2.24, 2.45) is 0 Å². The van der Waals surface area contributed by atoms with E-state index in [1.165, 1.54) is 6.20 Å². The van der Waals surface area contributed by atoms with Gasteiger partial charge < -0.3 is 5.11 Å². The van der Waals surface area contributed by atoms with Crippen molar-refractivity contribution in [3.05, 3.63) is 22.4 Å². The molecule has 0 atom stereocenters. The maximum absolute atomic E-state index is 9.10. The lowest BCUT2D eigenvalue weighted by molar-refractivity contribution is 0.468. The molecule has 10 heavy (non-hydrogen) atoms. The van der Waals surface area contributed by atoms with Gasteiger partial charge in [-0.1, -0.05) is 15.9 Å². The summed E-state index contributed by atoms with van der Waals surface area (Å²) in [4.78, 5) is 3.81. The molecule has 0 fully saturated rings. The van der Waals surface area contributed by atoms with Crippen molar-refractivity contribution in [3.8, 4) is 5.75 Å². The van der Waals surface area contributed by atoms with Gasteiger partial charge in [0.15, 0.2) is 0 Å². The van der Waals surface area contributed by atoms with Gasteiger partial charge in [0.2, 0.25) is 0 Å². The largest absolute Gasteiger partial charge is 0.505 e. The van der Waals surface area contributed by atoms with Crippen LogP contribution in [0.1, 0.15) is 5.56 Å². The number of hydrogen-bond acceptors (Lipinski definition) is 2. The zero-order chi connectivity index (χ0) is 7.56. The highest BCUT2D eigenvalue weighted by molar-refractivity contribution is 9.11. The van der Waals surface area contributed by atoms with Gasteiger partial charge in [0.05, 0.1) is 10.7 Å². The van der Waals surface area contributed by atoms with Gasteiger partial charge in [-0.05, 0) is 21.5 Å². The van der Waals surface area contributed by atoms with Crippen molar-refractivity contribution in [3.63, 3.8) is 0 Å². The van der Waals surface area contributed by atoms with E-state index >= 15 is 0 Å². The normalized spacial score (nSPS) is 9.80. The number of rotatable bonds is 1. The molecule has 0 aromatic carbocycles. The maximum atomic E-state index is 9.10. The van der Waals surface area contributed by atoms with E-state index in [0.717, 1.165) is 5.56 Å². The van der Waals surface area contributed by atoms with Crippen molar-refractivity contribution in [2.45, 2.75) is 5.33 Å². The minimum atomic E-state index is 0.178. The first-order chi connectivity index (χ1) is 4.75. The number of nitrogens with zero attached hydrogens (tertiary/aromatic N) is 1. The van der Waals surface area contributed by atoms with E-state index in [2.05, 4.69) is 36.8 Å². The van der Waals surface area contributed by atoms with Crippen LogP contribution in [0, 0.1) is 0 Å². The van der Waals surface area contributed by atoms with Crippen LogP contribution >= 0.6 is 31.9 Å². The van der Waals surface area contributed by atoms with Crippen molar-refractivity contribution in [1.29, 1.82) is 0 Å². The molecule has 1 rings (SSSR count). The first-order valence-corrected chi connectivity index (χ1v) is 4.54. The SMILES string of the molecule is Oc1cncc(CBr)c1Br. The molecule has 0 radical (unpaired) electrons. The van der Waals surface area contributed by atoms with Gasteiger partial charge >= 0.3 is 0 Å². The Balaban J connectivity index is 3.14. The van der Waals surface area contributed by atoms with Crippen LogP contribution in [0.25, 0.3) is 0 Å². The number of pyridine rings is 1. The lowest BCUT2D eigenvalue weighted by atomic mass is 10.3. The highest BCUT2D eigenvalue weighted by Crippen LogP contribution is 2.26. The number of aromatic nitrogens is 1. The summed E-state index contributed by atoms with van der Waals surface area (Å²) in [5, 5.41) is 9.79. The Morgan fingerprint density at radius 3 is 2.70 bits per heavy atom. The molecule has 1 heterocycles. The zero-order valence-electron chi connectivity index (χ0n) is 5.01. The van der Waals surface area contributed by atoms with Crippen LogP contribution in [0.2, 0.25) is 0 Å². The van der Waals surface area contributed by atoms with Crippen molar-refractivity contribution in [2.75, 3.05) is 0 Å². The molecule has 1 aromatic rings. The summed E-state index contributed by atoms with van der Waals surface area (Å²) in [6.45, 7) is 0. The van der Waals surface area contributed by atoms with Crippen LogP contribution in [0.4, 0.5) is 0 Å². The molecule has 0 saturated carbocycles. The van der Waals surface area contributed by atoms with E-state index in [1.54, 1.807) is 6.20 Å². The predicted octanol–water partition coefficient (Wildman–Crippen LogP) is 2.44. The van der Waals surface area contributed by atoms with Crippen LogP contribution in [0.15, 0.2) is 16.9 Å². The average Bonchev–Trinajstić information content (AvgIpc) is 1.95. The van der Waals surface area contributed by atoms with Crippen LogP contribution in [0.5, 0.6) is 5.75 Å².